The minimum absolute atomic E-state index is 0.344. The lowest BCUT2D eigenvalue weighted by atomic mass is 10.3. The first-order chi connectivity index (χ1) is 9.20. The Labute approximate surface area is 131 Å². The summed E-state index contributed by atoms with van der Waals surface area (Å²) in [4.78, 5) is 8.60. The molecule has 96 valence electrons. The van der Waals surface area contributed by atoms with Crippen LogP contribution in [0, 0.1) is 0 Å². The molecule has 0 amide bonds. The first-order valence-corrected chi connectivity index (χ1v) is 7.65. The normalized spacial score (nSPS) is 11.1. The first-order valence-electron chi connectivity index (χ1n) is 5.53. The van der Waals surface area contributed by atoms with Gasteiger partial charge in [0.05, 0.1) is 23.3 Å². The van der Waals surface area contributed by atoms with Crippen molar-refractivity contribution in [2.45, 2.75) is 5.88 Å². The predicted octanol–water partition coefficient (Wildman–Crippen LogP) is 4.68. The maximum Gasteiger partial charge on any atom is 0.129 e. The van der Waals surface area contributed by atoms with Crippen LogP contribution in [0.1, 0.15) is 5.82 Å². The SMILES string of the molecule is ClCc1nc2cnccc2n1-c1ccc(Br)cc1Br. The zero-order valence-electron chi connectivity index (χ0n) is 9.65. The van der Waals surface area contributed by atoms with Crippen molar-refractivity contribution in [1.29, 1.82) is 0 Å². The summed E-state index contributed by atoms with van der Waals surface area (Å²) in [5.41, 5.74) is 2.84. The van der Waals surface area contributed by atoms with E-state index in [4.69, 9.17) is 11.6 Å². The number of rotatable bonds is 2. The van der Waals surface area contributed by atoms with E-state index < -0.39 is 0 Å². The highest BCUT2D eigenvalue weighted by Gasteiger charge is 2.13. The molecule has 0 aliphatic rings. The van der Waals surface area contributed by atoms with Crippen molar-refractivity contribution in [1.82, 2.24) is 14.5 Å². The van der Waals surface area contributed by atoms with E-state index in [9.17, 15) is 0 Å². The summed E-state index contributed by atoms with van der Waals surface area (Å²) in [6.45, 7) is 0. The molecule has 2 aromatic heterocycles. The van der Waals surface area contributed by atoms with Crippen molar-refractivity contribution >= 4 is 54.5 Å². The van der Waals surface area contributed by atoms with Crippen LogP contribution >= 0.6 is 43.5 Å². The third-order valence-corrected chi connectivity index (χ3v) is 4.16. The molecule has 2 heterocycles. The Kier molecular flexibility index (Phi) is 3.60. The van der Waals surface area contributed by atoms with Crippen LogP contribution < -0.4 is 0 Å². The molecule has 0 aliphatic carbocycles. The van der Waals surface area contributed by atoms with Crippen LogP contribution in [0.4, 0.5) is 0 Å². The van der Waals surface area contributed by atoms with Crippen molar-refractivity contribution in [3.63, 3.8) is 0 Å². The third kappa shape index (κ3) is 2.30. The number of aromatic nitrogens is 3. The number of pyridine rings is 1. The number of hydrogen-bond donors (Lipinski definition) is 0. The van der Waals surface area contributed by atoms with E-state index in [1.165, 1.54) is 0 Å². The van der Waals surface area contributed by atoms with Crippen molar-refractivity contribution in [3.8, 4) is 5.69 Å². The summed E-state index contributed by atoms with van der Waals surface area (Å²) in [6.07, 6.45) is 3.50. The molecule has 0 aliphatic heterocycles. The molecule has 0 saturated carbocycles. The molecule has 0 spiro atoms. The van der Waals surface area contributed by atoms with Gasteiger partial charge in [-0.3, -0.25) is 9.55 Å². The lowest BCUT2D eigenvalue weighted by Gasteiger charge is -2.10. The van der Waals surface area contributed by atoms with Gasteiger partial charge >= 0.3 is 0 Å². The van der Waals surface area contributed by atoms with Gasteiger partial charge in [0, 0.05) is 15.1 Å². The molecule has 0 unspecified atom stereocenters. The molecular formula is C13H8Br2ClN3. The number of imidazole rings is 1. The summed E-state index contributed by atoms with van der Waals surface area (Å²) in [5.74, 6) is 1.14. The van der Waals surface area contributed by atoms with Crippen LogP contribution in [0.5, 0.6) is 0 Å². The highest BCUT2D eigenvalue weighted by Crippen LogP contribution is 2.29. The second kappa shape index (κ2) is 5.23. The second-order valence-electron chi connectivity index (χ2n) is 3.96. The molecule has 0 saturated heterocycles. The number of benzene rings is 1. The van der Waals surface area contributed by atoms with Gasteiger partial charge in [0.25, 0.3) is 0 Å². The highest BCUT2D eigenvalue weighted by atomic mass is 79.9. The molecule has 0 N–H and O–H groups in total. The van der Waals surface area contributed by atoms with Gasteiger partial charge in [-0.25, -0.2) is 4.98 Å². The lowest BCUT2D eigenvalue weighted by molar-refractivity contribution is 0.977. The Hall–Kier alpha value is -0.910. The average Bonchev–Trinajstić information content (AvgIpc) is 2.77. The zero-order valence-corrected chi connectivity index (χ0v) is 13.6. The fourth-order valence-corrected chi connectivity index (χ4v) is 3.41. The fraction of sp³-hybridized carbons (Fsp3) is 0.0769. The molecule has 1 aromatic carbocycles. The van der Waals surface area contributed by atoms with Gasteiger partial charge in [-0.05, 0) is 40.2 Å². The van der Waals surface area contributed by atoms with E-state index in [2.05, 4.69) is 41.8 Å². The Morgan fingerprint density at radius 1 is 1.21 bits per heavy atom. The quantitative estimate of drug-likeness (QED) is 0.584. The second-order valence-corrected chi connectivity index (χ2v) is 5.99. The molecule has 0 bridgehead atoms. The Morgan fingerprint density at radius 2 is 2.05 bits per heavy atom. The highest BCUT2D eigenvalue weighted by molar-refractivity contribution is 9.11. The van der Waals surface area contributed by atoms with Gasteiger partial charge in [-0.2, -0.15) is 0 Å². The minimum atomic E-state index is 0.344. The molecule has 6 heteroatoms. The van der Waals surface area contributed by atoms with Crippen LogP contribution in [-0.2, 0) is 5.88 Å². The maximum absolute atomic E-state index is 6.01. The Balaban J connectivity index is 2.34. The monoisotopic (exact) mass is 399 g/mol. The molecule has 19 heavy (non-hydrogen) atoms. The summed E-state index contributed by atoms with van der Waals surface area (Å²) in [5, 5.41) is 0. The third-order valence-electron chi connectivity index (χ3n) is 2.80. The summed E-state index contributed by atoms with van der Waals surface area (Å²) in [7, 11) is 0. The van der Waals surface area contributed by atoms with Gasteiger partial charge < -0.3 is 0 Å². The number of alkyl halides is 1. The van der Waals surface area contributed by atoms with Gasteiger partial charge in [-0.1, -0.05) is 15.9 Å². The van der Waals surface area contributed by atoms with E-state index in [0.29, 0.717) is 5.88 Å². The molecular weight excluding hydrogens is 393 g/mol. The summed E-state index contributed by atoms with van der Waals surface area (Å²) in [6, 6.07) is 7.95. The zero-order chi connectivity index (χ0) is 13.4. The Bertz CT molecular complexity index is 755. The van der Waals surface area contributed by atoms with Crippen LogP contribution in [0.3, 0.4) is 0 Å². The molecule has 0 radical (unpaired) electrons. The van der Waals surface area contributed by atoms with Crippen molar-refractivity contribution < 1.29 is 0 Å². The smallest absolute Gasteiger partial charge is 0.129 e. The number of fused-ring (bicyclic) bond motifs is 1. The molecule has 0 fully saturated rings. The van der Waals surface area contributed by atoms with E-state index in [0.717, 1.165) is 31.5 Å². The van der Waals surface area contributed by atoms with Crippen molar-refractivity contribution in [2.75, 3.05) is 0 Å². The average molecular weight is 401 g/mol. The van der Waals surface area contributed by atoms with Gasteiger partial charge in [0.2, 0.25) is 0 Å². The molecule has 3 nitrogen and oxygen atoms in total. The number of nitrogens with zero attached hydrogens (tertiary/aromatic N) is 3. The van der Waals surface area contributed by atoms with Crippen molar-refractivity contribution in [2.24, 2.45) is 0 Å². The van der Waals surface area contributed by atoms with Crippen molar-refractivity contribution in [3.05, 3.63) is 51.4 Å². The topological polar surface area (TPSA) is 30.7 Å². The molecule has 3 aromatic rings. The maximum atomic E-state index is 6.01. The minimum Gasteiger partial charge on any atom is -0.294 e. The molecule has 3 rings (SSSR count). The van der Waals surface area contributed by atoms with Crippen LogP contribution in [0.25, 0.3) is 16.7 Å². The first kappa shape index (κ1) is 13.1. The predicted molar refractivity (Wildman–Crippen MR) is 83.8 cm³/mol. The number of halogens is 3. The largest absolute Gasteiger partial charge is 0.294 e. The standard InChI is InChI=1S/C13H8Br2ClN3/c14-8-1-2-11(9(15)5-8)19-12-3-4-17-7-10(12)18-13(19)6-16/h1-5,7H,6H2. The summed E-state index contributed by atoms with van der Waals surface area (Å²) >= 11 is 13.0. The lowest BCUT2D eigenvalue weighted by Crippen LogP contribution is -2.00. The number of hydrogen-bond acceptors (Lipinski definition) is 2. The van der Waals surface area contributed by atoms with Crippen LogP contribution in [-0.4, -0.2) is 14.5 Å². The van der Waals surface area contributed by atoms with Gasteiger partial charge in [0.15, 0.2) is 0 Å². The fourth-order valence-electron chi connectivity index (χ4n) is 2.00. The van der Waals surface area contributed by atoms with E-state index >= 15 is 0 Å². The van der Waals surface area contributed by atoms with E-state index in [1.807, 2.05) is 28.8 Å². The van der Waals surface area contributed by atoms with Crippen LogP contribution in [0.15, 0.2) is 45.6 Å². The van der Waals surface area contributed by atoms with Crippen LogP contribution in [0.2, 0.25) is 0 Å². The van der Waals surface area contributed by atoms with E-state index in [-0.39, 0.29) is 0 Å². The Morgan fingerprint density at radius 3 is 2.79 bits per heavy atom. The van der Waals surface area contributed by atoms with Gasteiger partial charge in [0.1, 0.15) is 11.3 Å². The molecule has 0 atom stereocenters. The summed E-state index contributed by atoms with van der Waals surface area (Å²) < 4.78 is 4.03. The van der Waals surface area contributed by atoms with Gasteiger partial charge in [-0.15, -0.1) is 11.6 Å². The van der Waals surface area contributed by atoms with E-state index in [1.54, 1.807) is 12.4 Å².